The first-order valence-electron chi connectivity index (χ1n) is 7.88. The number of aryl methyl sites for hydroxylation is 1. The first-order valence-corrected chi connectivity index (χ1v) is 7.88. The molecule has 0 heterocycles. The lowest BCUT2D eigenvalue weighted by Gasteiger charge is -2.38. The lowest BCUT2D eigenvalue weighted by molar-refractivity contribution is 0.0230. The number of benzene rings is 1. The molecule has 0 aromatic heterocycles. The van der Waals surface area contributed by atoms with Crippen molar-refractivity contribution >= 4 is 0 Å². The van der Waals surface area contributed by atoms with Gasteiger partial charge in [-0.15, -0.1) is 0 Å². The number of aliphatic hydroxyl groups excluding tert-OH is 1. The Balaban J connectivity index is 2.22. The number of hydrogen-bond acceptors (Lipinski definition) is 2. The number of hydrogen-bond donors (Lipinski definition) is 1. The van der Waals surface area contributed by atoms with Crippen molar-refractivity contribution in [3.05, 3.63) is 35.1 Å². The Morgan fingerprint density at radius 1 is 1.43 bits per heavy atom. The summed E-state index contributed by atoms with van der Waals surface area (Å²) in [5.41, 5.74) is 0.641. The monoisotopic (exact) mass is 289 g/mol. The predicted molar refractivity (Wildman–Crippen MR) is 81.0 cm³/mol. The van der Waals surface area contributed by atoms with E-state index in [2.05, 4.69) is 13.0 Å². The van der Waals surface area contributed by atoms with Crippen LogP contribution in [-0.4, -0.2) is 5.11 Å². The van der Waals surface area contributed by atoms with Crippen LogP contribution in [0.15, 0.2) is 18.2 Å². The molecule has 2 rings (SSSR count). The van der Waals surface area contributed by atoms with E-state index in [0.717, 1.165) is 24.8 Å². The smallest absolute Gasteiger partial charge is 0.123 e. The normalized spacial score (nSPS) is 27.1. The summed E-state index contributed by atoms with van der Waals surface area (Å²) in [4.78, 5) is 0. The van der Waals surface area contributed by atoms with E-state index in [1.54, 1.807) is 6.07 Å². The van der Waals surface area contributed by atoms with Gasteiger partial charge in [0, 0.05) is 0 Å². The van der Waals surface area contributed by atoms with Crippen LogP contribution in [0.1, 0.15) is 62.7 Å². The van der Waals surface area contributed by atoms with Gasteiger partial charge in [-0.1, -0.05) is 25.8 Å². The van der Waals surface area contributed by atoms with Crippen LogP contribution in [-0.2, 0) is 0 Å². The van der Waals surface area contributed by atoms with Crippen molar-refractivity contribution in [1.29, 1.82) is 5.26 Å². The van der Waals surface area contributed by atoms with Crippen LogP contribution in [0.5, 0.6) is 0 Å². The van der Waals surface area contributed by atoms with Crippen LogP contribution < -0.4 is 0 Å². The summed E-state index contributed by atoms with van der Waals surface area (Å²) in [7, 11) is 0. The maximum absolute atomic E-state index is 13.5. The number of rotatable bonds is 4. The topological polar surface area (TPSA) is 44.0 Å². The van der Waals surface area contributed by atoms with Crippen LogP contribution in [0.25, 0.3) is 0 Å². The zero-order valence-electron chi connectivity index (χ0n) is 12.9. The molecule has 3 heteroatoms. The fraction of sp³-hybridized carbons (Fsp3) is 0.611. The van der Waals surface area contributed by atoms with Gasteiger partial charge in [-0.05, 0) is 61.8 Å². The van der Waals surface area contributed by atoms with E-state index < -0.39 is 11.5 Å². The molecule has 1 unspecified atom stereocenters. The zero-order valence-corrected chi connectivity index (χ0v) is 12.9. The SMILES string of the molecule is CCCC1CCC(C#N)(C(O)c2cc(F)ccc2C)CC1. The second-order valence-corrected chi connectivity index (χ2v) is 6.40. The van der Waals surface area contributed by atoms with Gasteiger partial charge < -0.3 is 5.11 Å². The van der Waals surface area contributed by atoms with Crippen molar-refractivity contribution in [3.63, 3.8) is 0 Å². The van der Waals surface area contributed by atoms with E-state index in [1.165, 1.54) is 18.6 Å². The summed E-state index contributed by atoms with van der Waals surface area (Å²) in [5, 5.41) is 20.4. The van der Waals surface area contributed by atoms with Crippen molar-refractivity contribution in [1.82, 2.24) is 0 Å². The first-order chi connectivity index (χ1) is 10.0. The highest BCUT2D eigenvalue weighted by molar-refractivity contribution is 5.31. The standard InChI is InChI=1S/C18H24FNO/c1-3-4-14-7-9-18(12-20,10-8-14)17(21)16-11-15(19)6-5-13(16)2/h5-6,11,14,17,21H,3-4,7-10H2,1-2H3. The Bertz CT molecular complexity index is 527. The Morgan fingerprint density at radius 2 is 2.10 bits per heavy atom. The lowest BCUT2D eigenvalue weighted by atomic mass is 9.66. The number of nitrogens with zero attached hydrogens (tertiary/aromatic N) is 1. The van der Waals surface area contributed by atoms with Crippen molar-refractivity contribution in [3.8, 4) is 6.07 Å². The maximum Gasteiger partial charge on any atom is 0.123 e. The van der Waals surface area contributed by atoms with E-state index >= 15 is 0 Å². The molecule has 1 aromatic carbocycles. The predicted octanol–water partition coefficient (Wildman–Crippen LogP) is 4.67. The molecular formula is C18H24FNO. The molecule has 21 heavy (non-hydrogen) atoms. The second kappa shape index (κ2) is 6.58. The summed E-state index contributed by atoms with van der Waals surface area (Å²) in [5.74, 6) is 0.305. The molecule has 0 spiro atoms. The van der Waals surface area contributed by atoms with Gasteiger partial charge in [-0.25, -0.2) is 4.39 Å². The molecule has 1 aliphatic carbocycles. The third-order valence-electron chi connectivity index (χ3n) is 4.98. The van der Waals surface area contributed by atoms with E-state index in [0.29, 0.717) is 24.3 Å². The largest absolute Gasteiger partial charge is 0.387 e. The van der Waals surface area contributed by atoms with Crippen LogP contribution in [0, 0.1) is 35.4 Å². The highest BCUT2D eigenvalue weighted by Gasteiger charge is 2.42. The quantitative estimate of drug-likeness (QED) is 0.875. The van der Waals surface area contributed by atoms with Gasteiger partial charge in [0.15, 0.2) is 0 Å². The molecule has 1 aliphatic rings. The number of halogens is 1. The molecule has 0 saturated heterocycles. The Kier molecular flexibility index (Phi) is 5.00. The van der Waals surface area contributed by atoms with Gasteiger partial charge in [0.2, 0.25) is 0 Å². The molecule has 2 nitrogen and oxygen atoms in total. The van der Waals surface area contributed by atoms with Crippen molar-refractivity contribution in [2.75, 3.05) is 0 Å². The van der Waals surface area contributed by atoms with Crippen molar-refractivity contribution < 1.29 is 9.50 Å². The minimum Gasteiger partial charge on any atom is -0.387 e. The molecular weight excluding hydrogens is 265 g/mol. The van der Waals surface area contributed by atoms with E-state index in [-0.39, 0.29) is 5.82 Å². The van der Waals surface area contributed by atoms with Crippen LogP contribution in [0.4, 0.5) is 4.39 Å². The molecule has 0 aliphatic heterocycles. The summed E-state index contributed by atoms with van der Waals surface area (Å²) in [6.45, 7) is 4.03. The van der Waals surface area contributed by atoms with E-state index in [4.69, 9.17) is 0 Å². The first kappa shape index (κ1) is 16.0. The van der Waals surface area contributed by atoms with Gasteiger partial charge in [0.25, 0.3) is 0 Å². The summed E-state index contributed by atoms with van der Waals surface area (Å²) < 4.78 is 13.5. The van der Waals surface area contributed by atoms with E-state index in [1.807, 2.05) is 6.92 Å². The molecule has 1 N–H and O–H groups in total. The fourth-order valence-electron chi connectivity index (χ4n) is 3.54. The number of nitriles is 1. The van der Waals surface area contributed by atoms with E-state index in [9.17, 15) is 14.8 Å². The second-order valence-electron chi connectivity index (χ2n) is 6.40. The molecule has 1 fully saturated rings. The molecule has 1 aromatic rings. The summed E-state index contributed by atoms with van der Waals surface area (Å²) in [6.07, 6.45) is 4.81. The van der Waals surface area contributed by atoms with Gasteiger partial charge in [-0.2, -0.15) is 5.26 Å². The highest BCUT2D eigenvalue weighted by Crippen LogP contribution is 2.48. The Labute approximate surface area is 126 Å². The van der Waals surface area contributed by atoms with Crippen LogP contribution in [0.3, 0.4) is 0 Å². The van der Waals surface area contributed by atoms with Crippen LogP contribution in [0.2, 0.25) is 0 Å². The summed E-state index contributed by atoms with van der Waals surface area (Å²) in [6, 6.07) is 6.78. The zero-order chi connectivity index (χ0) is 15.5. The van der Waals surface area contributed by atoms with Gasteiger partial charge in [0.1, 0.15) is 5.82 Å². The van der Waals surface area contributed by atoms with Gasteiger partial charge >= 0.3 is 0 Å². The van der Waals surface area contributed by atoms with Gasteiger partial charge in [-0.3, -0.25) is 0 Å². The highest BCUT2D eigenvalue weighted by atomic mass is 19.1. The third kappa shape index (κ3) is 3.27. The molecule has 1 atom stereocenters. The summed E-state index contributed by atoms with van der Waals surface area (Å²) >= 11 is 0. The molecule has 0 bridgehead atoms. The average molecular weight is 289 g/mol. The van der Waals surface area contributed by atoms with Crippen molar-refractivity contribution in [2.24, 2.45) is 11.3 Å². The molecule has 114 valence electrons. The molecule has 0 radical (unpaired) electrons. The third-order valence-corrected chi connectivity index (χ3v) is 4.98. The number of aliphatic hydroxyl groups is 1. The minimum absolute atomic E-state index is 0.359. The lowest BCUT2D eigenvalue weighted by Crippen LogP contribution is -2.33. The molecule has 1 saturated carbocycles. The van der Waals surface area contributed by atoms with Gasteiger partial charge in [0.05, 0.1) is 17.6 Å². The fourth-order valence-corrected chi connectivity index (χ4v) is 3.54. The Morgan fingerprint density at radius 3 is 2.67 bits per heavy atom. The van der Waals surface area contributed by atoms with Crippen LogP contribution >= 0.6 is 0 Å². The minimum atomic E-state index is -0.902. The molecule has 0 amide bonds. The average Bonchev–Trinajstić information content (AvgIpc) is 2.50. The van der Waals surface area contributed by atoms with Crippen molar-refractivity contribution in [2.45, 2.75) is 58.5 Å². The maximum atomic E-state index is 13.5. The Hall–Kier alpha value is -1.40.